The Morgan fingerprint density at radius 3 is 2.47 bits per heavy atom. The Hall–Kier alpha value is -2.11. The molecule has 1 aromatic heterocycles. The number of rotatable bonds is 3. The van der Waals surface area contributed by atoms with Gasteiger partial charge in [-0.3, -0.25) is 14.4 Å². The molecule has 0 aliphatic rings. The zero-order valence-electron chi connectivity index (χ0n) is 11.6. The van der Waals surface area contributed by atoms with Crippen molar-refractivity contribution in [2.45, 2.75) is 33.2 Å². The lowest BCUT2D eigenvalue weighted by molar-refractivity contribution is -0.121. The van der Waals surface area contributed by atoms with Crippen LogP contribution in [0.4, 0.5) is 0 Å². The van der Waals surface area contributed by atoms with Crippen LogP contribution in [0.25, 0.3) is 0 Å². The molecule has 6 heteroatoms. The second-order valence-electron chi connectivity index (χ2n) is 5.37. The maximum Gasteiger partial charge on any atom is 0.257 e. The molecule has 3 N–H and O–H groups in total. The Bertz CT molecular complexity index is 541. The maximum absolute atomic E-state index is 11.7. The smallest absolute Gasteiger partial charge is 0.257 e. The molecule has 0 radical (unpaired) electrons. The summed E-state index contributed by atoms with van der Waals surface area (Å²) in [7, 11) is 0. The fourth-order valence-corrected chi connectivity index (χ4v) is 1.47. The number of nitrogens with one attached hydrogen (secondary N) is 3. The number of H-pyrrole nitrogens is 1. The van der Waals surface area contributed by atoms with Gasteiger partial charge in [0.05, 0.1) is 6.54 Å². The third-order valence-electron chi connectivity index (χ3n) is 2.23. The molecule has 0 bridgehead atoms. The molecule has 19 heavy (non-hydrogen) atoms. The summed E-state index contributed by atoms with van der Waals surface area (Å²) >= 11 is 0. The third kappa shape index (κ3) is 4.95. The van der Waals surface area contributed by atoms with Crippen LogP contribution in [0.5, 0.6) is 0 Å². The van der Waals surface area contributed by atoms with Crippen molar-refractivity contribution in [3.8, 4) is 0 Å². The van der Waals surface area contributed by atoms with Crippen LogP contribution in [0.1, 0.15) is 36.8 Å². The Kier molecular flexibility index (Phi) is 4.47. The molecule has 0 aromatic carbocycles. The number of carbonyl (C=O) groups is 2. The predicted octanol–water partition coefficient (Wildman–Crippen LogP) is 0.328. The zero-order chi connectivity index (χ0) is 14.6. The first-order valence-corrected chi connectivity index (χ1v) is 5.97. The highest BCUT2D eigenvalue weighted by Gasteiger charge is 2.15. The molecule has 1 heterocycles. The van der Waals surface area contributed by atoms with Gasteiger partial charge in [0.1, 0.15) is 5.56 Å². The molecular weight excluding hydrogens is 246 g/mol. The molecule has 0 atom stereocenters. The van der Waals surface area contributed by atoms with E-state index in [1.807, 2.05) is 20.8 Å². The van der Waals surface area contributed by atoms with Crippen molar-refractivity contribution in [1.29, 1.82) is 0 Å². The van der Waals surface area contributed by atoms with E-state index in [0.29, 0.717) is 5.69 Å². The largest absolute Gasteiger partial charge is 0.364 e. The number of aromatic nitrogens is 1. The summed E-state index contributed by atoms with van der Waals surface area (Å²) < 4.78 is 0. The first kappa shape index (κ1) is 14.9. The summed E-state index contributed by atoms with van der Waals surface area (Å²) in [5.74, 6) is -0.866. The average molecular weight is 265 g/mol. The van der Waals surface area contributed by atoms with Crippen LogP contribution in [-0.4, -0.2) is 28.9 Å². The highest BCUT2D eigenvalue weighted by Crippen LogP contribution is 1.97. The molecule has 0 saturated heterocycles. The Morgan fingerprint density at radius 1 is 1.32 bits per heavy atom. The first-order valence-electron chi connectivity index (χ1n) is 5.97. The van der Waals surface area contributed by atoms with Crippen LogP contribution in [0.15, 0.2) is 17.1 Å². The van der Waals surface area contributed by atoms with E-state index in [-0.39, 0.29) is 29.0 Å². The van der Waals surface area contributed by atoms with Crippen molar-refractivity contribution in [2.24, 2.45) is 0 Å². The minimum atomic E-state index is -0.565. The monoisotopic (exact) mass is 265 g/mol. The molecule has 2 amide bonds. The number of hydrogen-bond acceptors (Lipinski definition) is 3. The lowest BCUT2D eigenvalue weighted by Gasteiger charge is -2.20. The van der Waals surface area contributed by atoms with Gasteiger partial charge in [0.2, 0.25) is 5.91 Å². The molecule has 0 aliphatic carbocycles. The van der Waals surface area contributed by atoms with Gasteiger partial charge < -0.3 is 15.6 Å². The lowest BCUT2D eigenvalue weighted by atomic mass is 10.1. The highest BCUT2D eigenvalue weighted by molar-refractivity contribution is 5.96. The molecule has 0 saturated carbocycles. The molecule has 0 fully saturated rings. The minimum absolute atomic E-state index is 0.00541. The fraction of sp³-hybridized carbons (Fsp3) is 0.462. The van der Waals surface area contributed by atoms with Gasteiger partial charge in [-0.1, -0.05) is 0 Å². The number of aryl methyl sites for hydroxylation is 1. The molecule has 1 aromatic rings. The van der Waals surface area contributed by atoms with Crippen molar-refractivity contribution in [3.05, 3.63) is 33.7 Å². The standard InChI is InChI=1S/C13H19N3O3/c1-8-5-10(17)9(6-14-8)12(19)15-7-11(18)16-13(2,3)4/h5-6H,7H2,1-4H3,(H,14,17)(H,15,19)(H,16,18). The summed E-state index contributed by atoms with van der Waals surface area (Å²) in [6, 6.07) is 1.34. The Balaban J connectivity index is 2.61. The lowest BCUT2D eigenvalue weighted by Crippen LogP contribution is -2.46. The zero-order valence-corrected chi connectivity index (χ0v) is 11.6. The SMILES string of the molecule is Cc1cc(=O)c(C(=O)NCC(=O)NC(C)(C)C)c[nH]1. The van der Waals surface area contributed by atoms with Crippen LogP contribution < -0.4 is 16.1 Å². The third-order valence-corrected chi connectivity index (χ3v) is 2.23. The highest BCUT2D eigenvalue weighted by atomic mass is 16.2. The van der Waals surface area contributed by atoms with Gasteiger partial charge in [-0.05, 0) is 27.7 Å². The van der Waals surface area contributed by atoms with Gasteiger partial charge in [0.15, 0.2) is 5.43 Å². The Labute approximate surface area is 111 Å². The molecule has 0 unspecified atom stereocenters. The van der Waals surface area contributed by atoms with Crippen molar-refractivity contribution >= 4 is 11.8 Å². The Morgan fingerprint density at radius 2 is 1.95 bits per heavy atom. The maximum atomic E-state index is 11.7. The van der Waals surface area contributed by atoms with Crippen molar-refractivity contribution < 1.29 is 9.59 Å². The summed E-state index contributed by atoms with van der Waals surface area (Å²) in [5.41, 5.74) is -0.0606. The van der Waals surface area contributed by atoms with Gasteiger partial charge in [-0.15, -0.1) is 0 Å². The summed E-state index contributed by atoms with van der Waals surface area (Å²) in [4.78, 5) is 37.6. The van der Waals surface area contributed by atoms with E-state index < -0.39 is 5.91 Å². The second-order valence-corrected chi connectivity index (χ2v) is 5.37. The van der Waals surface area contributed by atoms with Gasteiger partial charge >= 0.3 is 0 Å². The summed E-state index contributed by atoms with van der Waals surface area (Å²) in [6.45, 7) is 7.09. The van der Waals surface area contributed by atoms with Gasteiger partial charge in [0.25, 0.3) is 5.91 Å². The van der Waals surface area contributed by atoms with E-state index in [2.05, 4.69) is 15.6 Å². The van der Waals surface area contributed by atoms with Crippen molar-refractivity contribution in [1.82, 2.24) is 15.6 Å². The molecule has 1 rings (SSSR count). The number of hydrogen-bond donors (Lipinski definition) is 3. The first-order chi connectivity index (χ1) is 8.69. The summed E-state index contributed by atoms with van der Waals surface area (Å²) in [5, 5.41) is 5.12. The molecular formula is C13H19N3O3. The van der Waals surface area contributed by atoms with E-state index in [1.165, 1.54) is 12.3 Å². The van der Waals surface area contributed by atoms with Crippen LogP contribution in [0.3, 0.4) is 0 Å². The van der Waals surface area contributed by atoms with E-state index >= 15 is 0 Å². The van der Waals surface area contributed by atoms with Crippen LogP contribution in [0.2, 0.25) is 0 Å². The number of aromatic amines is 1. The quantitative estimate of drug-likeness (QED) is 0.735. The minimum Gasteiger partial charge on any atom is -0.364 e. The van der Waals surface area contributed by atoms with E-state index in [9.17, 15) is 14.4 Å². The van der Waals surface area contributed by atoms with Gasteiger partial charge in [-0.2, -0.15) is 0 Å². The van der Waals surface area contributed by atoms with Crippen LogP contribution >= 0.6 is 0 Å². The van der Waals surface area contributed by atoms with E-state index in [1.54, 1.807) is 6.92 Å². The molecule has 104 valence electrons. The van der Waals surface area contributed by atoms with Crippen molar-refractivity contribution in [3.63, 3.8) is 0 Å². The molecule has 6 nitrogen and oxygen atoms in total. The van der Waals surface area contributed by atoms with Gasteiger partial charge in [-0.25, -0.2) is 0 Å². The topological polar surface area (TPSA) is 91.1 Å². The average Bonchev–Trinajstić information content (AvgIpc) is 2.23. The van der Waals surface area contributed by atoms with Crippen molar-refractivity contribution in [2.75, 3.05) is 6.54 Å². The molecule has 0 aliphatic heterocycles. The second kappa shape index (κ2) is 5.69. The predicted molar refractivity (Wildman–Crippen MR) is 72.0 cm³/mol. The molecule has 0 spiro atoms. The van der Waals surface area contributed by atoms with Crippen LogP contribution in [-0.2, 0) is 4.79 Å². The fourth-order valence-electron chi connectivity index (χ4n) is 1.47. The number of pyridine rings is 1. The number of carbonyl (C=O) groups excluding carboxylic acids is 2. The van der Waals surface area contributed by atoms with Gasteiger partial charge in [0, 0.05) is 23.5 Å². The number of amides is 2. The van der Waals surface area contributed by atoms with E-state index in [4.69, 9.17) is 0 Å². The summed E-state index contributed by atoms with van der Waals surface area (Å²) in [6.07, 6.45) is 1.34. The van der Waals surface area contributed by atoms with Crippen LogP contribution in [0, 0.1) is 6.92 Å². The normalized spacial score (nSPS) is 10.9. The van der Waals surface area contributed by atoms with E-state index in [0.717, 1.165) is 0 Å².